The molecule has 10 rings (SSSR count). The topological polar surface area (TPSA) is 270 Å². The van der Waals surface area contributed by atoms with Crippen LogP contribution in [0.5, 0.6) is 0 Å². The number of rotatable bonds is 6. The van der Waals surface area contributed by atoms with Crippen molar-refractivity contribution in [1.82, 2.24) is 48.8 Å². The van der Waals surface area contributed by atoms with Gasteiger partial charge >= 0.3 is 12.2 Å². The summed E-state index contributed by atoms with van der Waals surface area (Å²) < 4.78 is 17.0. The largest absolute Gasteiger partial charge is 0.443 e. The molecule has 0 aliphatic carbocycles. The van der Waals surface area contributed by atoms with Crippen LogP contribution in [0.2, 0.25) is 15.1 Å². The summed E-state index contributed by atoms with van der Waals surface area (Å²) in [6.45, 7) is 21.4. The molecule has 0 aliphatic heterocycles. The van der Waals surface area contributed by atoms with E-state index in [-0.39, 0.29) is 0 Å². The van der Waals surface area contributed by atoms with Gasteiger partial charge in [-0.1, -0.05) is 82.8 Å². The number of fused-ring (bicyclic) bond motifs is 4. The van der Waals surface area contributed by atoms with Crippen LogP contribution in [0.1, 0.15) is 94.2 Å². The van der Waals surface area contributed by atoms with Crippen LogP contribution < -0.4 is 11.5 Å². The Morgan fingerprint density at radius 1 is 0.563 bits per heavy atom. The lowest BCUT2D eigenvalue weighted by Gasteiger charge is -2.19. The Bertz CT molecular complexity index is 4360. The maximum Gasteiger partial charge on any atom is 0.420 e. The molecule has 24 heteroatoms. The number of carbonyl (C=O) groups excluding carboxylic acids is 4. The van der Waals surface area contributed by atoms with Crippen molar-refractivity contribution in [2.24, 2.45) is 22.3 Å². The van der Waals surface area contributed by atoms with Gasteiger partial charge in [-0.2, -0.15) is 5.10 Å². The Balaban J connectivity index is 0.000000177. The number of benzene rings is 1. The first-order valence-corrected chi connectivity index (χ1v) is 30.0. The molecule has 0 radical (unpaired) electrons. The highest BCUT2D eigenvalue weighted by molar-refractivity contribution is 14.1. The van der Waals surface area contributed by atoms with Gasteiger partial charge in [-0.3, -0.25) is 14.3 Å². The molecule has 10 aromatic rings. The maximum absolute atomic E-state index is 12.3. The zero-order valence-corrected chi connectivity index (χ0v) is 56.2. The molecule has 0 unspecified atom stereocenters. The van der Waals surface area contributed by atoms with Gasteiger partial charge in [0.1, 0.15) is 33.3 Å². The monoisotopic (exact) mass is 1460 g/mol. The fourth-order valence-electron chi connectivity index (χ4n) is 7.85. The van der Waals surface area contributed by atoms with Crippen LogP contribution in [-0.2, 0) is 25.6 Å². The number of aliphatic hydroxyl groups is 1. The normalized spacial score (nSPS) is 11.7. The molecule has 9 aromatic heterocycles. The minimum absolute atomic E-state index is 0.321. The van der Waals surface area contributed by atoms with Crippen molar-refractivity contribution < 1.29 is 33.8 Å². The van der Waals surface area contributed by atoms with Crippen LogP contribution in [0.3, 0.4) is 0 Å². The van der Waals surface area contributed by atoms with Gasteiger partial charge in [-0.25, -0.2) is 38.7 Å². The summed E-state index contributed by atoms with van der Waals surface area (Å²) in [4.78, 5) is 70.6. The number of H-pyrrole nitrogens is 2. The van der Waals surface area contributed by atoms with E-state index < -0.39 is 51.6 Å². The van der Waals surface area contributed by atoms with E-state index >= 15 is 0 Å². The molecule has 0 aliphatic rings. The van der Waals surface area contributed by atoms with Crippen LogP contribution in [0.4, 0.5) is 9.59 Å². The molecule has 7 N–H and O–H groups in total. The average molecular weight is 1460 g/mol. The van der Waals surface area contributed by atoms with Gasteiger partial charge in [0.25, 0.3) is 0 Å². The molecule has 87 heavy (non-hydrogen) atoms. The maximum atomic E-state index is 12.3. The van der Waals surface area contributed by atoms with Crippen LogP contribution in [0.15, 0.2) is 110 Å². The molecule has 0 fully saturated rings. The number of nitrogens with two attached hydrogens (primary N) is 2. The quantitative estimate of drug-likeness (QED) is 0.0768. The van der Waals surface area contributed by atoms with Crippen molar-refractivity contribution in [1.29, 1.82) is 0 Å². The highest BCUT2D eigenvalue weighted by Gasteiger charge is 2.26. The second-order valence-electron chi connectivity index (χ2n) is 23.4. The van der Waals surface area contributed by atoms with Gasteiger partial charge in [-0.05, 0) is 164 Å². The van der Waals surface area contributed by atoms with Crippen molar-refractivity contribution in [2.75, 3.05) is 0 Å². The fraction of sp³-hybridized carbons (Fsp3) is 0.286. The Labute approximate surface area is 544 Å². The second-order valence-corrected chi connectivity index (χ2v) is 26.8. The molecule has 0 atom stereocenters. The number of hydrogen-bond acceptors (Lipinski definition) is 12. The van der Waals surface area contributed by atoms with Gasteiger partial charge in [0.05, 0.1) is 39.0 Å². The first kappa shape index (κ1) is 67.0. The van der Waals surface area contributed by atoms with Gasteiger partial charge in [0, 0.05) is 101 Å². The summed E-state index contributed by atoms with van der Waals surface area (Å²) in [7, 11) is 0. The number of pyridine rings is 4. The average Bonchev–Trinajstić information content (AvgIpc) is 2.33. The molecule has 452 valence electrons. The van der Waals surface area contributed by atoms with Crippen molar-refractivity contribution in [2.45, 2.75) is 106 Å². The third-order valence-corrected chi connectivity index (χ3v) is 16.3. The first-order chi connectivity index (χ1) is 40.5. The number of primary amides is 2. The fourth-order valence-corrected chi connectivity index (χ4v) is 9.48. The Kier molecular flexibility index (Phi) is 20.7. The van der Waals surface area contributed by atoms with Gasteiger partial charge in [0.2, 0.25) is 11.8 Å². The molecule has 0 bridgehead atoms. The minimum atomic E-state index is -1.01. The predicted octanol–water partition coefficient (Wildman–Crippen LogP) is 14.0. The van der Waals surface area contributed by atoms with E-state index in [0.717, 1.165) is 62.4 Å². The van der Waals surface area contributed by atoms with Crippen molar-refractivity contribution in [3.63, 3.8) is 0 Å². The molecule has 9 heterocycles. The Morgan fingerprint density at radius 2 is 1.01 bits per heavy atom. The molecule has 2 amide bonds. The lowest BCUT2D eigenvalue weighted by Crippen LogP contribution is -2.29. The molecule has 0 saturated carbocycles. The second kappa shape index (κ2) is 26.8. The number of nitrogens with one attached hydrogen (secondary N) is 2. The minimum Gasteiger partial charge on any atom is -0.443 e. The molecule has 0 spiro atoms. The number of nitrogens with zero attached hydrogens (tertiary/aromatic N) is 8. The number of aromatic amines is 2. The smallest absolute Gasteiger partial charge is 0.420 e. The summed E-state index contributed by atoms with van der Waals surface area (Å²) in [5.41, 5.74) is 14.5. The van der Waals surface area contributed by atoms with E-state index in [1.807, 2.05) is 75.8 Å². The number of ether oxygens (including phenoxy) is 2. The van der Waals surface area contributed by atoms with Crippen molar-refractivity contribution >= 4 is 148 Å². The molecule has 1 aromatic carbocycles. The first-order valence-electron chi connectivity index (χ1n) is 26.7. The van der Waals surface area contributed by atoms with Crippen molar-refractivity contribution in [3.05, 3.63) is 144 Å². The van der Waals surface area contributed by atoms with E-state index in [1.165, 1.54) is 21.5 Å². The molecular weight excluding hydrogens is 1400 g/mol. The standard InChI is InChI=1S/C26H27N5O2.C18H20ClN3O3.C12H12ClIN2O2.C7H4ClIN2/c1-25(2,24(27)32)11-9-20-21-10-12-28-23(21)29-14-22(20)18-7-5-17(6-8-18)19-13-30-31(15-19)16-26(3,4)33;1-17(2,3)25-16(24)22-9-7-12-11(13(19)10-21-14(12)22)6-8-18(4,5)15(20)23;1-12(2,3)18-11(17)16-5-4-7-9(14)8(13)6-15-10(7)16;8-5-3-11-7-4(6(5)9)1-2-10-7/h5-8,10,12-15,33H,16H2,1-4H3,(H2,27,32)(H,28,29);7,9-10H,1-5H3,(H2,20,23);4-6H,1-3H3;1-3H,(H,10,11). The lowest BCUT2D eigenvalue weighted by atomic mass is 9.92. The SMILES string of the molecule is CC(C)(C)OC(=O)n1ccc2c(C#CC(C)(C)C(N)=O)c(Cl)cnc21.CC(C)(C)OC(=O)n1ccc2c(I)c(Cl)cnc21.CC(C)(O)Cn1cc(-c2ccc(-c3cnc4[nH]ccc4c3C#CC(C)(C)C(N)=O)cc2)cn1.Clc1cnc2[nH]ccc2c1I. The number of hydrogen-bond donors (Lipinski definition) is 5. The van der Waals surface area contributed by atoms with Crippen LogP contribution in [0.25, 0.3) is 66.4 Å². The summed E-state index contributed by atoms with van der Waals surface area (Å²) in [5, 5.41) is 19.4. The third-order valence-electron chi connectivity index (χ3n) is 12.5. The zero-order valence-electron chi connectivity index (χ0n) is 49.6. The van der Waals surface area contributed by atoms with Gasteiger partial charge in [-0.15, -0.1) is 0 Å². The number of aromatic nitrogens is 10. The highest BCUT2D eigenvalue weighted by Crippen LogP contribution is 2.33. The summed E-state index contributed by atoms with van der Waals surface area (Å²) in [6.07, 6.45) is 16.0. The Hall–Kier alpha value is -7.52. The van der Waals surface area contributed by atoms with E-state index in [1.54, 1.807) is 110 Å². The van der Waals surface area contributed by atoms with Gasteiger partial charge in [0.15, 0.2) is 11.3 Å². The summed E-state index contributed by atoms with van der Waals surface area (Å²) >= 11 is 22.4. The number of halogens is 5. The highest BCUT2D eigenvalue weighted by atomic mass is 127. The lowest BCUT2D eigenvalue weighted by molar-refractivity contribution is -0.124. The predicted molar refractivity (Wildman–Crippen MR) is 358 cm³/mol. The van der Waals surface area contributed by atoms with E-state index in [2.05, 4.69) is 104 Å². The van der Waals surface area contributed by atoms with Crippen LogP contribution >= 0.6 is 80.0 Å². The summed E-state index contributed by atoms with van der Waals surface area (Å²) in [5.74, 6) is 10.9. The van der Waals surface area contributed by atoms with E-state index in [0.29, 0.717) is 43.9 Å². The zero-order chi connectivity index (χ0) is 64.1. The molecular formula is C63H63Cl3I2N12O7. The number of carbonyl (C=O) groups is 4. The van der Waals surface area contributed by atoms with E-state index in [9.17, 15) is 24.3 Å². The molecule has 19 nitrogen and oxygen atoms in total. The molecule has 0 saturated heterocycles. The van der Waals surface area contributed by atoms with Crippen LogP contribution in [-0.4, -0.2) is 94.7 Å². The van der Waals surface area contributed by atoms with Crippen molar-refractivity contribution in [3.8, 4) is 45.9 Å². The van der Waals surface area contributed by atoms with E-state index in [4.69, 9.17) is 55.7 Å². The summed E-state index contributed by atoms with van der Waals surface area (Å²) in [6, 6.07) is 15.5. The number of amides is 2. The Morgan fingerprint density at radius 3 is 1.54 bits per heavy atom. The third kappa shape index (κ3) is 17.0. The van der Waals surface area contributed by atoms with Gasteiger partial charge < -0.3 is 36.0 Å². The van der Waals surface area contributed by atoms with Crippen LogP contribution in [0, 0.1) is 41.7 Å².